The summed E-state index contributed by atoms with van der Waals surface area (Å²) in [5.41, 5.74) is 2.79. The average Bonchev–Trinajstić information content (AvgIpc) is 2.72. The summed E-state index contributed by atoms with van der Waals surface area (Å²) in [5, 5.41) is 0. The highest BCUT2D eigenvalue weighted by Gasteiger charge is 2.05. The van der Waals surface area contributed by atoms with E-state index in [1.54, 1.807) is 0 Å². The topological polar surface area (TPSA) is 15.8 Å². The second kappa shape index (κ2) is 4.14. The third kappa shape index (κ3) is 2.05. The molecule has 1 aromatic heterocycles. The molecule has 2 aromatic rings. The number of hydrogen-bond donors (Lipinski definition) is 1. The first-order chi connectivity index (χ1) is 6.86. The third-order valence-corrected chi connectivity index (χ3v) is 2.57. The second-order valence-electron chi connectivity index (χ2n) is 3.74. The highest BCUT2D eigenvalue weighted by Crippen LogP contribution is 2.19. The first-order valence-electron chi connectivity index (χ1n) is 5.03. The quantitative estimate of drug-likeness (QED) is 0.754. The van der Waals surface area contributed by atoms with Crippen LogP contribution in [-0.4, -0.2) is 4.98 Å². The summed E-state index contributed by atoms with van der Waals surface area (Å²) < 4.78 is 0. The van der Waals surface area contributed by atoms with Crippen LogP contribution in [0.2, 0.25) is 0 Å². The fourth-order valence-electron chi connectivity index (χ4n) is 1.74. The van der Waals surface area contributed by atoms with Gasteiger partial charge >= 0.3 is 0 Å². The molecule has 0 aliphatic heterocycles. The standard InChI is InChI=1S/C13H15N/c1-11(9-12-7-8-14-10-12)13-5-3-2-4-6-13/h2-8,10-11,14H,9H2,1H3. The van der Waals surface area contributed by atoms with Gasteiger partial charge in [-0.15, -0.1) is 0 Å². The van der Waals surface area contributed by atoms with Gasteiger partial charge in [0.25, 0.3) is 0 Å². The van der Waals surface area contributed by atoms with Gasteiger partial charge in [0.15, 0.2) is 0 Å². The maximum absolute atomic E-state index is 3.09. The molecule has 0 aliphatic rings. The van der Waals surface area contributed by atoms with E-state index in [4.69, 9.17) is 0 Å². The fraction of sp³-hybridized carbons (Fsp3) is 0.231. The van der Waals surface area contributed by atoms with Crippen molar-refractivity contribution in [1.29, 1.82) is 0 Å². The summed E-state index contributed by atoms with van der Waals surface area (Å²) in [7, 11) is 0. The van der Waals surface area contributed by atoms with Gasteiger partial charge in [0, 0.05) is 12.4 Å². The number of rotatable bonds is 3. The molecule has 0 amide bonds. The molecule has 1 nitrogen and oxygen atoms in total. The van der Waals surface area contributed by atoms with Gasteiger partial charge in [-0.25, -0.2) is 0 Å². The SMILES string of the molecule is CC(Cc1cc[nH]c1)c1ccccc1. The van der Waals surface area contributed by atoms with E-state index < -0.39 is 0 Å². The Balaban J connectivity index is 2.07. The number of benzene rings is 1. The van der Waals surface area contributed by atoms with E-state index in [9.17, 15) is 0 Å². The molecule has 1 N–H and O–H groups in total. The molecule has 1 unspecified atom stereocenters. The van der Waals surface area contributed by atoms with Crippen LogP contribution in [0.4, 0.5) is 0 Å². The van der Waals surface area contributed by atoms with E-state index in [1.807, 2.05) is 6.20 Å². The summed E-state index contributed by atoms with van der Waals surface area (Å²) in [4.78, 5) is 3.09. The number of aromatic nitrogens is 1. The number of hydrogen-bond acceptors (Lipinski definition) is 0. The van der Waals surface area contributed by atoms with E-state index in [-0.39, 0.29) is 0 Å². The molecule has 14 heavy (non-hydrogen) atoms. The van der Waals surface area contributed by atoms with Crippen molar-refractivity contribution in [2.45, 2.75) is 19.3 Å². The number of aromatic amines is 1. The minimum atomic E-state index is 0.590. The van der Waals surface area contributed by atoms with Crippen LogP contribution >= 0.6 is 0 Å². The lowest BCUT2D eigenvalue weighted by Crippen LogP contribution is -1.96. The van der Waals surface area contributed by atoms with Crippen LogP contribution in [0.1, 0.15) is 24.0 Å². The number of nitrogens with one attached hydrogen (secondary N) is 1. The Kier molecular flexibility index (Phi) is 2.68. The van der Waals surface area contributed by atoms with Crippen LogP contribution in [-0.2, 0) is 6.42 Å². The zero-order chi connectivity index (χ0) is 9.80. The van der Waals surface area contributed by atoms with E-state index in [0.717, 1.165) is 6.42 Å². The lowest BCUT2D eigenvalue weighted by molar-refractivity contribution is 0.760. The average molecular weight is 185 g/mol. The minimum Gasteiger partial charge on any atom is -0.367 e. The van der Waals surface area contributed by atoms with Crippen molar-refractivity contribution in [3.63, 3.8) is 0 Å². The Morgan fingerprint density at radius 3 is 2.57 bits per heavy atom. The molecule has 0 radical (unpaired) electrons. The first kappa shape index (κ1) is 9.07. The fourth-order valence-corrected chi connectivity index (χ4v) is 1.74. The first-order valence-corrected chi connectivity index (χ1v) is 5.03. The molecule has 1 heteroatoms. The van der Waals surface area contributed by atoms with Gasteiger partial charge in [0.05, 0.1) is 0 Å². The zero-order valence-electron chi connectivity index (χ0n) is 8.40. The van der Waals surface area contributed by atoms with Crippen LogP contribution in [0, 0.1) is 0 Å². The molecule has 0 bridgehead atoms. The molecule has 0 saturated carbocycles. The summed E-state index contributed by atoms with van der Waals surface area (Å²) in [5.74, 6) is 0.590. The van der Waals surface area contributed by atoms with Crippen molar-refractivity contribution in [1.82, 2.24) is 4.98 Å². The van der Waals surface area contributed by atoms with E-state index in [2.05, 4.69) is 54.5 Å². The number of H-pyrrole nitrogens is 1. The smallest absolute Gasteiger partial charge is 0.00375 e. The van der Waals surface area contributed by atoms with Crippen LogP contribution in [0.5, 0.6) is 0 Å². The molecule has 72 valence electrons. The van der Waals surface area contributed by atoms with Crippen molar-refractivity contribution in [2.75, 3.05) is 0 Å². The summed E-state index contributed by atoms with van der Waals surface area (Å²) in [6, 6.07) is 12.8. The Hall–Kier alpha value is -1.50. The van der Waals surface area contributed by atoms with Crippen LogP contribution < -0.4 is 0 Å². The largest absolute Gasteiger partial charge is 0.367 e. The molecule has 1 aromatic carbocycles. The van der Waals surface area contributed by atoms with Crippen LogP contribution in [0.3, 0.4) is 0 Å². The van der Waals surface area contributed by atoms with Crippen LogP contribution in [0.15, 0.2) is 48.8 Å². The molecular weight excluding hydrogens is 170 g/mol. The molecule has 0 saturated heterocycles. The van der Waals surface area contributed by atoms with Crippen molar-refractivity contribution in [3.8, 4) is 0 Å². The molecule has 0 fully saturated rings. The van der Waals surface area contributed by atoms with Gasteiger partial charge in [-0.2, -0.15) is 0 Å². The normalized spacial score (nSPS) is 12.6. The maximum atomic E-state index is 3.09. The molecule has 1 heterocycles. The molecule has 2 rings (SSSR count). The van der Waals surface area contributed by atoms with Gasteiger partial charge in [-0.3, -0.25) is 0 Å². The lowest BCUT2D eigenvalue weighted by atomic mass is 9.95. The van der Waals surface area contributed by atoms with Gasteiger partial charge in [-0.05, 0) is 29.5 Å². The van der Waals surface area contributed by atoms with E-state index >= 15 is 0 Å². The van der Waals surface area contributed by atoms with Crippen molar-refractivity contribution < 1.29 is 0 Å². The van der Waals surface area contributed by atoms with Crippen LogP contribution in [0.25, 0.3) is 0 Å². The predicted octanol–water partition coefficient (Wildman–Crippen LogP) is 3.36. The third-order valence-electron chi connectivity index (χ3n) is 2.57. The monoisotopic (exact) mass is 185 g/mol. The maximum Gasteiger partial charge on any atom is 0.00375 e. The Bertz CT molecular complexity index is 361. The minimum absolute atomic E-state index is 0.590. The summed E-state index contributed by atoms with van der Waals surface area (Å²) in [6.07, 6.45) is 5.15. The Labute approximate surface area is 84.8 Å². The highest BCUT2D eigenvalue weighted by atomic mass is 14.6. The zero-order valence-corrected chi connectivity index (χ0v) is 8.40. The molecule has 1 atom stereocenters. The Morgan fingerprint density at radius 1 is 1.14 bits per heavy atom. The summed E-state index contributed by atoms with van der Waals surface area (Å²) in [6.45, 7) is 2.27. The van der Waals surface area contributed by atoms with Gasteiger partial charge in [0.1, 0.15) is 0 Å². The summed E-state index contributed by atoms with van der Waals surface area (Å²) >= 11 is 0. The van der Waals surface area contributed by atoms with E-state index in [1.165, 1.54) is 11.1 Å². The second-order valence-corrected chi connectivity index (χ2v) is 3.74. The van der Waals surface area contributed by atoms with Crippen molar-refractivity contribution in [3.05, 3.63) is 59.9 Å². The molecular formula is C13H15N. The van der Waals surface area contributed by atoms with Gasteiger partial charge in [-0.1, -0.05) is 37.3 Å². The highest BCUT2D eigenvalue weighted by molar-refractivity contribution is 5.22. The lowest BCUT2D eigenvalue weighted by Gasteiger charge is -2.09. The van der Waals surface area contributed by atoms with Crippen molar-refractivity contribution >= 4 is 0 Å². The molecule has 0 aliphatic carbocycles. The predicted molar refractivity (Wildman–Crippen MR) is 59.4 cm³/mol. The molecule has 0 spiro atoms. The Morgan fingerprint density at radius 2 is 1.93 bits per heavy atom. The van der Waals surface area contributed by atoms with Gasteiger partial charge < -0.3 is 4.98 Å². The van der Waals surface area contributed by atoms with E-state index in [0.29, 0.717) is 5.92 Å². The van der Waals surface area contributed by atoms with Crippen molar-refractivity contribution in [2.24, 2.45) is 0 Å². The van der Waals surface area contributed by atoms with Gasteiger partial charge in [0.2, 0.25) is 0 Å².